The number of methoxy groups -OCH3 is 1. The molecule has 4 fully saturated rings. The first-order chi connectivity index (χ1) is 23.9. The fourth-order valence-corrected chi connectivity index (χ4v) is 7.06. The van der Waals surface area contributed by atoms with Gasteiger partial charge >= 0.3 is 11.9 Å². The number of rotatable bonds is 11. The molecule has 1 aromatic rings. The molecule has 0 aromatic heterocycles. The maximum Gasteiger partial charge on any atom is 0.331 e. The third-order valence-electron chi connectivity index (χ3n) is 9.73. The normalized spacial score (nSPS) is 43.4. The van der Waals surface area contributed by atoms with Crippen molar-refractivity contribution in [1.82, 2.24) is 0 Å². The fraction of sp³-hybridized carbons (Fsp3) is 0.636. The van der Waals surface area contributed by atoms with Crippen LogP contribution in [0.25, 0.3) is 6.08 Å². The topological polar surface area (TPSA) is 242 Å². The summed E-state index contributed by atoms with van der Waals surface area (Å²) in [6.45, 7) is 1.50. The van der Waals surface area contributed by atoms with Gasteiger partial charge in [0.15, 0.2) is 24.8 Å². The van der Waals surface area contributed by atoms with Crippen LogP contribution in [0.1, 0.15) is 19.4 Å². The number of carbonyl (C=O) groups is 2. The highest BCUT2D eigenvalue weighted by Crippen LogP contribution is 2.61. The van der Waals surface area contributed by atoms with Gasteiger partial charge in [0.05, 0.1) is 44.7 Å². The number of aliphatic hydroxyl groups excluding tert-OH is 6. The molecule has 0 spiro atoms. The Labute approximate surface area is 286 Å². The van der Waals surface area contributed by atoms with Crippen LogP contribution in [0.4, 0.5) is 0 Å². The van der Waals surface area contributed by atoms with Crippen LogP contribution in [-0.2, 0) is 47.5 Å². The van der Waals surface area contributed by atoms with Crippen molar-refractivity contribution in [2.24, 2.45) is 11.8 Å². The van der Waals surface area contributed by atoms with Crippen molar-refractivity contribution in [2.75, 3.05) is 20.3 Å². The number of esters is 2. The van der Waals surface area contributed by atoms with E-state index in [0.29, 0.717) is 11.3 Å². The van der Waals surface area contributed by atoms with E-state index in [9.17, 15) is 40.2 Å². The second-order valence-corrected chi connectivity index (χ2v) is 12.8. The lowest BCUT2D eigenvalue weighted by Gasteiger charge is -2.44. The number of benzene rings is 1. The molecule has 4 aliphatic heterocycles. The molecular weight excluding hydrogens is 668 g/mol. The molecule has 0 radical (unpaired) electrons. The highest BCUT2D eigenvalue weighted by atomic mass is 16.8. The SMILES string of the molecule is COc1ccc(C=CC(=O)O[C@H]2[C@H](O[C@H]3[C@@H]4C=CO[C@@H](O[C@@H]5O[C@H](CO)[C@@H](O)[C@H](O)[C@H]5O)[C@@H]4[C@@]4(CO)O[C@@H]34)O[C@@H](C)[C@H](O)[C@H]2OC(C)=O)cc1. The van der Waals surface area contributed by atoms with Crippen LogP contribution in [0.5, 0.6) is 5.75 Å². The smallest absolute Gasteiger partial charge is 0.331 e. The standard InChI is InChI=1S/C33H42O17/c1-14-22(38)27(45-15(2)36)28(47-20(37)9-6-16-4-7-17(42-3)8-5-16)32(44-14)48-26-18-10-11-43-30(21(18)33(13-35)29(26)50-33)49-31-25(41)24(40)23(39)19(12-34)46-31/h4-11,14,18-19,21-32,34-35,38-41H,12-13H2,1-3H3/t14-,18+,19+,21+,22-,23+,24-,25+,26-,27+,28+,29-,30-,31-,32-,33+/m0/s1. The molecule has 0 bridgehead atoms. The molecule has 1 saturated carbocycles. The summed E-state index contributed by atoms with van der Waals surface area (Å²) in [6, 6.07) is 6.87. The summed E-state index contributed by atoms with van der Waals surface area (Å²) in [7, 11) is 1.53. The van der Waals surface area contributed by atoms with Crippen molar-refractivity contribution in [2.45, 2.75) is 99.4 Å². The second-order valence-electron chi connectivity index (χ2n) is 12.8. The van der Waals surface area contributed by atoms with Crippen molar-refractivity contribution >= 4 is 18.0 Å². The van der Waals surface area contributed by atoms with E-state index in [-0.39, 0.29) is 0 Å². The van der Waals surface area contributed by atoms with E-state index < -0.39 is 122 Å². The molecule has 4 heterocycles. The van der Waals surface area contributed by atoms with E-state index in [1.807, 2.05) is 0 Å². The van der Waals surface area contributed by atoms with Crippen molar-refractivity contribution in [1.29, 1.82) is 0 Å². The quantitative estimate of drug-likeness (QED) is 0.0835. The lowest BCUT2D eigenvalue weighted by molar-refractivity contribution is -0.347. The number of aliphatic hydroxyl groups is 6. The first-order valence-corrected chi connectivity index (χ1v) is 16.2. The van der Waals surface area contributed by atoms with Gasteiger partial charge in [-0.2, -0.15) is 0 Å². The van der Waals surface area contributed by atoms with Gasteiger partial charge in [-0.3, -0.25) is 4.79 Å². The first-order valence-electron chi connectivity index (χ1n) is 16.2. The molecule has 1 aliphatic carbocycles. The van der Waals surface area contributed by atoms with Gasteiger partial charge in [0.2, 0.25) is 6.29 Å². The molecule has 16 atom stereocenters. The predicted molar refractivity (Wildman–Crippen MR) is 163 cm³/mol. The largest absolute Gasteiger partial charge is 0.497 e. The van der Waals surface area contributed by atoms with Crippen LogP contribution in [0.3, 0.4) is 0 Å². The molecule has 6 rings (SSSR count). The average Bonchev–Trinajstić information content (AvgIpc) is 3.78. The number of hydrogen-bond acceptors (Lipinski definition) is 17. The van der Waals surface area contributed by atoms with E-state index in [4.69, 9.17) is 42.6 Å². The summed E-state index contributed by atoms with van der Waals surface area (Å²) < 4.78 is 51.8. The number of epoxide rings is 1. The predicted octanol–water partition coefficient (Wildman–Crippen LogP) is -1.89. The lowest BCUT2D eigenvalue weighted by Crippen LogP contribution is -2.61. The van der Waals surface area contributed by atoms with Crippen LogP contribution >= 0.6 is 0 Å². The minimum absolute atomic E-state index is 0.504. The lowest BCUT2D eigenvalue weighted by atomic mass is 9.85. The zero-order valence-electron chi connectivity index (χ0n) is 27.4. The molecule has 5 aliphatic rings. The third kappa shape index (κ3) is 6.88. The number of fused-ring (bicyclic) bond motifs is 3. The van der Waals surface area contributed by atoms with Gasteiger partial charge < -0.3 is 73.3 Å². The van der Waals surface area contributed by atoms with E-state index in [2.05, 4.69) is 0 Å². The highest BCUT2D eigenvalue weighted by molar-refractivity contribution is 5.87. The van der Waals surface area contributed by atoms with Gasteiger partial charge in [0, 0.05) is 18.9 Å². The zero-order chi connectivity index (χ0) is 35.9. The van der Waals surface area contributed by atoms with Gasteiger partial charge in [-0.25, -0.2) is 4.79 Å². The van der Waals surface area contributed by atoms with Crippen molar-refractivity contribution in [3.63, 3.8) is 0 Å². The summed E-state index contributed by atoms with van der Waals surface area (Å²) in [5.41, 5.74) is -0.600. The van der Waals surface area contributed by atoms with Gasteiger partial charge in [-0.1, -0.05) is 12.1 Å². The molecule has 17 nitrogen and oxygen atoms in total. The summed E-state index contributed by atoms with van der Waals surface area (Å²) in [5.74, 6) is -2.36. The Morgan fingerprint density at radius 3 is 2.28 bits per heavy atom. The molecule has 276 valence electrons. The Morgan fingerprint density at radius 1 is 0.880 bits per heavy atom. The van der Waals surface area contributed by atoms with Crippen molar-refractivity contribution in [3.05, 3.63) is 48.2 Å². The number of hydrogen-bond donors (Lipinski definition) is 6. The maximum atomic E-state index is 13.1. The fourth-order valence-electron chi connectivity index (χ4n) is 7.06. The van der Waals surface area contributed by atoms with Crippen LogP contribution in [-0.4, -0.2) is 148 Å². The number of ether oxygens (including phenoxy) is 9. The van der Waals surface area contributed by atoms with Gasteiger partial charge in [0.25, 0.3) is 0 Å². The Kier molecular flexibility index (Phi) is 10.8. The average molecular weight is 711 g/mol. The molecule has 0 amide bonds. The maximum absolute atomic E-state index is 13.1. The van der Waals surface area contributed by atoms with Crippen LogP contribution < -0.4 is 4.74 Å². The van der Waals surface area contributed by atoms with Gasteiger partial charge in [-0.05, 0) is 36.8 Å². The highest BCUT2D eigenvalue weighted by Gasteiger charge is 2.77. The van der Waals surface area contributed by atoms with Gasteiger partial charge in [-0.15, -0.1) is 0 Å². The Morgan fingerprint density at radius 2 is 1.62 bits per heavy atom. The Bertz CT molecular complexity index is 1420. The molecule has 1 aromatic carbocycles. The van der Waals surface area contributed by atoms with Crippen molar-refractivity contribution < 1.29 is 82.9 Å². The van der Waals surface area contributed by atoms with E-state index in [1.54, 1.807) is 30.3 Å². The minimum atomic E-state index is -1.72. The summed E-state index contributed by atoms with van der Waals surface area (Å²) in [4.78, 5) is 25.2. The van der Waals surface area contributed by atoms with E-state index in [0.717, 1.165) is 13.0 Å². The molecule has 17 heteroatoms. The van der Waals surface area contributed by atoms with Gasteiger partial charge in [0.1, 0.15) is 48.0 Å². The minimum Gasteiger partial charge on any atom is -0.497 e. The van der Waals surface area contributed by atoms with Crippen LogP contribution in [0.15, 0.2) is 42.7 Å². The van der Waals surface area contributed by atoms with Crippen LogP contribution in [0, 0.1) is 11.8 Å². The summed E-state index contributed by atoms with van der Waals surface area (Å²) in [5, 5.41) is 62.1. The third-order valence-corrected chi connectivity index (χ3v) is 9.73. The molecular formula is C33H42O17. The molecule has 50 heavy (non-hydrogen) atoms. The summed E-state index contributed by atoms with van der Waals surface area (Å²) >= 11 is 0. The Hall–Kier alpha value is -3.20. The van der Waals surface area contributed by atoms with Crippen LogP contribution in [0.2, 0.25) is 0 Å². The second kappa shape index (κ2) is 14.8. The van der Waals surface area contributed by atoms with Crippen molar-refractivity contribution in [3.8, 4) is 5.75 Å². The molecule has 3 saturated heterocycles. The Balaban J connectivity index is 1.22. The first kappa shape index (κ1) is 36.6. The van der Waals surface area contributed by atoms with E-state index in [1.165, 1.54) is 26.4 Å². The molecule has 6 N–H and O–H groups in total. The molecule has 0 unspecified atom stereocenters. The number of carbonyl (C=O) groups excluding carboxylic acids is 2. The zero-order valence-corrected chi connectivity index (χ0v) is 27.4. The monoisotopic (exact) mass is 710 g/mol. The van der Waals surface area contributed by atoms with E-state index >= 15 is 0 Å². The summed E-state index contributed by atoms with van der Waals surface area (Å²) in [6.07, 6.45) is -11.7.